The molecule has 3 N–H and O–H groups in total. The number of aryl methyl sites for hydroxylation is 1. The monoisotopic (exact) mass is 272 g/mol. The van der Waals surface area contributed by atoms with Crippen LogP contribution in [-0.4, -0.2) is 26.4 Å². The predicted octanol–water partition coefficient (Wildman–Crippen LogP) is 1.49. The van der Waals surface area contributed by atoms with Crippen LogP contribution in [0.1, 0.15) is 24.0 Å². The summed E-state index contributed by atoms with van der Waals surface area (Å²) in [6.45, 7) is 6.59. The summed E-state index contributed by atoms with van der Waals surface area (Å²) in [7, 11) is 0. The van der Waals surface area contributed by atoms with Gasteiger partial charge in [0.05, 0.1) is 23.8 Å². The smallest absolute Gasteiger partial charge is 0.158 e. The minimum absolute atomic E-state index is 0.567. The molecule has 2 rings (SSSR count). The molecule has 0 spiro atoms. The van der Waals surface area contributed by atoms with E-state index in [0.717, 1.165) is 36.7 Å². The number of aromatic nitrogens is 3. The summed E-state index contributed by atoms with van der Waals surface area (Å²) in [5.41, 5.74) is 5.49. The van der Waals surface area contributed by atoms with Crippen LogP contribution in [0.25, 0.3) is 0 Å². The molecule has 0 unspecified atom stereocenters. The normalized spacial score (nSPS) is 10.8. The molecule has 0 bridgehead atoms. The fourth-order valence-corrected chi connectivity index (χ4v) is 1.94. The number of hydrazine groups is 1. The summed E-state index contributed by atoms with van der Waals surface area (Å²) in [5.74, 6) is 5.84. The van der Waals surface area contributed by atoms with Crippen molar-refractivity contribution in [3.8, 4) is 0 Å². The van der Waals surface area contributed by atoms with Gasteiger partial charge in [0.25, 0.3) is 0 Å². The van der Waals surface area contributed by atoms with E-state index in [-0.39, 0.29) is 0 Å². The SMILES string of the molecule is CCN(Cc1cnc(NN)cn1)Cc1cccc(C)n1. The van der Waals surface area contributed by atoms with Gasteiger partial charge >= 0.3 is 0 Å². The standard InChI is InChI=1S/C14H20N6/c1-3-20(9-12-6-4-5-11(2)18-12)10-13-7-17-14(19-15)8-16-13/h4-8H,3,9-10,15H2,1-2H3,(H,17,19). The summed E-state index contributed by atoms with van der Waals surface area (Å²) in [6.07, 6.45) is 3.37. The molecule has 0 aliphatic rings. The number of nitrogen functional groups attached to an aromatic ring is 1. The van der Waals surface area contributed by atoms with Gasteiger partial charge in [-0.15, -0.1) is 0 Å². The second-order valence-electron chi connectivity index (χ2n) is 4.61. The minimum atomic E-state index is 0.567. The van der Waals surface area contributed by atoms with Crippen molar-refractivity contribution in [1.82, 2.24) is 19.9 Å². The molecule has 2 heterocycles. The molecule has 0 saturated carbocycles. The lowest BCUT2D eigenvalue weighted by atomic mass is 10.3. The highest BCUT2D eigenvalue weighted by Gasteiger charge is 2.07. The summed E-state index contributed by atoms with van der Waals surface area (Å²) in [6, 6.07) is 6.08. The quantitative estimate of drug-likeness (QED) is 0.612. The average Bonchev–Trinajstić information content (AvgIpc) is 2.47. The van der Waals surface area contributed by atoms with Gasteiger partial charge in [0.2, 0.25) is 0 Å². The highest BCUT2D eigenvalue weighted by Crippen LogP contribution is 2.08. The van der Waals surface area contributed by atoms with Gasteiger partial charge in [0.15, 0.2) is 5.82 Å². The van der Waals surface area contributed by atoms with E-state index in [2.05, 4.69) is 32.2 Å². The van der Waals surface area contributed by atoms with Gasteiger partial charge in [-0.2, -0.15) is 0 Å². The first-order valence-corrected chi connectivity index (χ1v) is 6.63. The van der Waals surface area contributed by atoms with E-state index >= 15 is 0 Å². The Balaban J connectivity index is 2.01. The zero-order chi connectivity index (χ0) is 14.4. The first-order chi connectivity index (χ1) is 9.71. The number of pyridine rings is 1. The fraction of sp³-hybridized carbons (Fsp3) is 0.357. The Morgan fingerprint density at radius 1 is 1.15 bits per heavy atom. The summed E-state index contributed by atoms with van der Waals surface area (Å²) in [4.78, 5) is 15.3. The maximum Gasteiger partial charge on any atom is 0.158 e. The van der Waals surface area contributed by atoms with Crippen LogP contribution >= 0.6 is 0 Å². The van der Waals surface area contributed by atoms with E-state index in [1.54, 1.807) is 12.4 Å². The summed E-state index contributed by atoms with van der Waals surface area (Å²) < 4.78 is 0. The first kappa shape index (κ1) is 14.4. The van der Waals surface area contributed by atoms with Crippen LogP contribution in [0.4, 0.5) is 5.82 Å². The third-order valence-corrected chi connectivity index (χ3v) is 3.02. The second-order valence-corrected chi connectivity index (χ2v) is 4.61. The van der Waals surface area contributed by atoms with Crippen molar-refractivity contribution in [2.75, 3.05) is 12.0 Å². The van der Waals surface area contributed by atoms with Crippen molar-refractivity contribution < 1.29 is 0 Å². The Kier molecular flexibility index (Phi) is 4.97. The van der Waals surface area contributed by atoms with Crippen LogP contribution in [0.3, 0.4) is 0 Å². The Morgan fingerprint density at radius 3 is 2.55 bits per heavy atom. The van der Waals surface area contributed by atoms with E-state index < -0.39 is 0 Å². The molecule has 0 atom stereocenters. The molecule has 6 heteroatoms. The Hall–Kier alpha value is -2.05. The van der Waals surface area contributed by atoms with Crippen LogP contribution in [0.2, 0.25) is 0 Å². The molecule has 20 heavy (non-hydrogen) atoms. The molecule has 106 valence electrons. The van der Waals surface area contributed by atoms with E-state index in [1.165, 1.54) is 0 Å². The lowest BCUT2D eigenvalue weighted by molar-refractivity contribution is 0.264. The molecule has 0 aromatic carbocycles. The van der Waals surface area contributed by atoms with Gasteiger partial charge < -0.3 is 5.43 Å². The molecular formula is C14H20N6. The summed E-state index contributed by atoms with van der Waals surface area (Å²) in [5, 5.41) is 0. The lowest BCUT2D eigenvalue weighted by Gasteiger charge is -2.19. The Labute approximate surface area is 119 Å². The zero-order valence-electron chi connectivity index (χ0n) is 11.9. The maximum atomic E-state index is 5.27. The Morgan fingerprint density at radius 2 is 1.95 bits per heavy atom. The van der Waals surface area contributed by atoms with Crippen molar-refractivity contribution in [2.24, 2.45) is 5.84 Å². The number of hydrogen-bond donors (Lipinski definition) is 2. The van der Waals surface area contributed by atoms with E-state index in [0.29, 0.717) is 5.82 Å². The van der Waals surface area contributed by atoms with Crippen molar-refractivity contribution in [3.05, 3.63) is 47.7 Å². The summed E-state index contributed by atoms with van der Waals surface area (Å²) >= 11 is 0. The maximum absolute atomic E-state index is 5.27. The molecule has 0 aliphatic carbocycles. The number of anilines is 1. The molecular weight excluding hydrogens is 252 g/mol. The molecule has 0 saturated heterocycles. The van der Waals surface area contributed by atoms with Crippen molar-refractivity contribution in [1.29, 1.82) is 0 Å². The van der Waals surface area contributed by atoms with Gasteiger partial charge in [-0.05, 0) is 25.6 Å². The van der Waals surface area contributed by atoms with Crippen molar-refractivity contribution in [3.63, 3.8) is 0 Å². The average molecular weight is 272 g/mol. The highest BCUT2D eigenvalue weighted by atomic mass is 15.3. The lowest BCUT2D eigenvalue weighted by Crippen LogP contribution is -2.23. The van der Waals surface area contributed by atoms with Crippen LogP contribution < -0.4 is 11.3 Å². The number of nitrogens with two attached hydrogens (primary N) is 1. The van der Waals surface area contributed by atoms with Gasteiger partial charge in [0, 0.05) is 18.8 Å². The van der Waals surface area contributed by atoms with Gasteiger partial charge in [0.1, 0.15) is 0 Å². The number of nitrogens with one attached hydrogen (secondary N) is 1. The predicted molar refractivity (Wildman–Crippen MR) is 78.6 cm³/mol. The number of hydrogen-bond acceptors (Lipinski definition) is 6. The number of nitrogens with zero attached hydrogens (tertiary/aromatic N) is 4. The topological polar surface area (TPSA) is 80.0 Å². The highest BCUT2D eigenvalue weighted by molar-refractivity contribution is 5.28. The van der Waals surface area contributed by atoms with Gasteiger partial charge in [-0.3, -0.25) is 14.9 Å². The van der Waals surface area contributed by atoms with Crippen LogP contribution in [0.5, 0.6) is 0 Å². The van der Waals surface area contributed by atoms with Crippen molar-refractivity contribution in [2.45, 2.75) is 26.9 Å². The third kappa shape index (κ3) is 3.97. The van der Waals surface area contributed by atoms with Crippen LogP contribution in [0, 0.1) is 6.92 Å². The van der Waals surface area contributed by atoms with E-state index in [1.807, 2.05) is 25.1 Å². The molecule has 2 aromatic heterocycles. The molecule has 0 amide bonds. The molecule has 0 fully saturated rings. The van der Waals surface area contributed by atoms with E-state index in [4.69, 9.17) is 5.84 Å². The van der Waals surface area contributed by atoms with Crippen LogP contribution in [0.15, 0.2) is 30.6 Å². The van der Waals surface area contributed by atoms with Crippen molar-refractivity contribution >= 4 is 5.82 Å². The molecule has 2 aromatic rings. The van der Waals surface area contributed by atoms with Crippen LogP contribution in [-0.2, 0) is 13.1 Å². The van der Waals surface area contributed by atoms with Gasteiger partial charge in [-0.1, -0.05) is 13.0 Å². The first-order valence-electron chi connectivity index (χ1n) is 6.63. The largest absolute Gasteiger partial charge is 0.307 e. The Bertz CT molecular complexity index is 540. The molecule has 0 aliphatic heterocycles. The molecule has 0 radical (unpaired) electrons. The van der Waals surface area contributed by atoms with Gasteiger partial charge in [-0.25, -0.2) is 10.8 Å². The zero-order valence-corrected chi connectivity index (χ0v) is 11.9. The fourth-order valence-electron chi connectivity index (χ4n) is 1.94. The second kappa shape index (κ2) is 6.93. The minimum Gasteiger partial charge on any atom is -0.307 e. The molecule has 6 nitrogen and oxygen atoms in total. The number of rotatable bonds is 6. The van der Waals surface area contributed by atoms with E-state index in [9.17, 15) is 0 Å². The third-order valence-electron chi connectivity index (χ3n) is 3.02.